The molecule has 2 aliphatic heterocycles. The zero-order chi connectivity index (χ0) is 23.5. The van der Waals surface area contributed by atoms with E-state index >= 15 is 0 Å². The highest BCUT2D eigenvalue weighted by atomic mass is 16.5. The predicted octanol–water partition coefficient (Wildman–Crippen LogP) is 4.71. The van der Waals surface area contributed by atoms with Crippen molar-refractivity contribution in [1.29, 1.82) is 0 Å². The van der Waals surface area contributed by atoms with Gasteiger partial charge in [-0.05, 0) is 56.4 Å². The first kappa shape index (κ1) is 21.2. The lowest BCUT2D eigenvalue weighted by molar-refractivity contribution is -0.0336. The minimum atomic E-state index is 0.329. The van der Waals surface area contributed by atoms with Crippen LogP contribution in [0.25, 0.3) is 33.6 Å². The Bertz CT molecular complexity index is 1430. The number of aromatic nitrogens is 3. The molecule has 3 aromatic heterocycles. The minimum absolute atomic E-state index is 0.329. The quantitative estimate of drug-likeness (QED) is 0.462. The van der Waals surface area contributed by atoms with Crippen LogP contribution >= 0.6 is 0 Å². The highest BCUT2D eigenvalue weighted by Crippen LogP contribution is 2.37. The molecule has 180 valence electrons. The molecule has 0 amide bonds. The number of morpholine rings is 1. The highest BCUT2D eigenvalue weighted by molar-refractivity contribution is 5.87. The Morgan fingerprint density at radius 1 is 1.17 bits per heavy atom. The van der Waals surface area contributed by atoms with Crippen molar-refractivity contribution in [1.82, 2.24) is 24.2 Å². The lowest BCUT2D eigenvalue weighted by Gasteiger charge is -2.43. The number of hydrogen-bond acceptors (Lipinski definition) is 4. The van der Waals surface area contributed by atoms with Crippen LogP contribution < -0.4 is 5.32 Å². The highest BCUT2D eigenvalue weighted by Gasteiger charge is 2.32. The summed E-state index contributed by atoms with van der Waals surface area (Å²) < 4.78 is 10.7. The number of rotatable bonds is 5. The van der Waals surface area contributed by atoms with Crippen LogP contribution in [0.3, 0.4) is 0 Å². The van der Waals surface area contributed by atoms with Crippen LogP contribution in [0.1, 0.15) is 30.5 Å². The topological polar surface area (TPSA) is 46.7 Å². The van der Waals surface area contributed by atoms with Gasteiger partial charge in [-0.1, -0.05) is 24.8 Å². The van der Waals surface area contributed by atoms with Gasteiger partial charge in [0.25, 0.3) is 0 Å². The summed E-state index contributed by atoms with van der Waals surface area (Å²) in [5, 5.41) is 4.91. The molecule has 0 radical (unpaired) electrons. The van der Waals surface area contributed by atoms with Crippen molar-refractivity contribution in [2.24, 2.45) is 5.92 Å². The van der Waals surface area contributed by atoms with E-state index < -0.39 is 0 Å². The van der Waals surface area contributed by atoms with E-state index in [4.69, 9.17) is 9.72 Å². The maximum Gasteiger partial charge on any atom is 0.138 e. The van der Waals surface area contributed by atoms with E-state index in [1.54, 1.807) is 0 Å². The van der Waals surface area contributed by atoms with Crippen molar-refractivity contribution < 1.29 is 4.74 Å². The predicted molar refractivity (Wildman–Crippen MR) is 140 cm³/mol. The zero-order valence-electron chi connectivity index (χ0n) is 20.4. The van der Waals surface area contributed by atoms with Gasteiger partial charge in [-0.15, -0.1) is 0 Å². The monoisotopic (exact) mass is 467 g/mol. The molecule has 1 saturated carbocycles. The molecule has 7 rings (SSSR count). The summed E-state index contributed by atoms with van der Waals surface area (Å²) in [6, 6.07) is 15.8. The Morgan fingerprint density at radius 2 is 2.06 bits per heavy atom. The number of ether oxygens (including phenoxy) is 1. The number of nitrogens with zero attached hydrogens (tertiary/aromatic N) is 4. The standard InChI is InChI=1S/C29H33N5O/c1-19(32-12-10-27-24(18-32)30-11-14-35-27)22-9-13-33-20(2)29(31-28(33)16-22)26-15-23-5-3-4-6-25(23)34(26)17-21-7-8-21/h3-6,9,13,15-16,21,24,27,30H,1,7-8,10-12,14,17-18H2,2H3. The SMILES string of the molecule is C=C(c1ccn2c(C)c(-c3cc4ccccc4n3CC3CC3)nc2c1)N1CCC2OCCNC2C1. The van der Waals surface area contributed by atoms with Gasteiger partial charge in [0.1, 0.15) is 11.3 Å². The molecule has 6 heteroatoms. The number of hydrogen-bond donors (Lipinski definition) is 1. The third-order valence-corrected chi connectivity index (χ3v) is 8.16. The molecule has 1 N–H and O–H groups in total. The summed E-state index contributed by atoms with van der Waals surface area (Å²) in [7, 11) is 0. The molecule has 0 bridgehead atoms. The molecule has 4 aromatic rings. The number of aryl methyl sites for hydroxylation is 1. The van der Waals surface area contributed by atoms with Crippen molar-refractivity contribution in [3.63, 3.8) is 0 Å². The Kier molecular flexibility index (Phi) is 5.00. The number of nitrogens with one attached hydrogen (secondary N) is 1. The van der Waals surface area contributed by atoms with E-state index in [1.807, 2.05) is 0 Å². The number of benzene rings is 1. The molecule has 5 heterocycles. The van der Waals surface area contributed by atoms with E-state index in [2.05, 4.69) is 81.3 Å². The molecule has 2 atom stereocenters. The van der Waals surface area contributed by atoms with Crippen molar-refractivity contribution >= 4 is 22.2 Å². The zero-order valence-corrected chi connectivity index (χ0v) is 20.4. The summed E-state index contributed by atoms with van der Waals surface area (Å²) in [4.78, 5) is 7.57. The summed E-state index contributed by atoms with van der Waals surface area (Å²) in [6.45, 7) is 11.4. The normalized spacial score (nSPS) is 22.6. The van der Waals surface area contributed by atoms with Crippen molar-refractivity contribution in [3.05, 3.63) is 66.5 Å². The average molecular weight is 468 g/mol. The van der Waals surface area contributed by atoms with Gasteiger partial charge in [-0.25, -0.2) is 4.98 Å². The second kappa shape index (κ2) is 8.25. The van der Waals surface area contributed by atoms with Crippen molar-refractivity contribution in [2.45, 2.75) is 44.9 Å². The summed E-state index contributed by atoms with van der Waals surface area (Å²) in [6.07, 6.45) is 6.19. The molecule has 2 saturated heterocycles. The van der Waals surface area contributed by atoms with Crippen LogP contribution in [-0.4, -0.2) is 57.2 Å². The number of para-hydroxylation sites is 1. The van der Waals surface area contributed by atoms with Crippen LogP contribution in [0.4, 0.5) is 0 Å². The van der Waals surface area contributed by atoms with Gasteiger partial charge in [0.15, 0.2) is 0 Å². The molecular weight excluding hydrogens is 434 g/mol. The van der Waals surface area contributed by atoms with Gasteiger partial charge in [-0.2, -0.15) is 0 Å². The summed E-state index contributed by atoms with van der Waals surface area (Å²) in [5.74, 6) is 0.796. The van der Waals surface area contributed by atoms with E-state index in [0.717, 1.165) is 67.7 Å². The van der Waals surface area contributed by atoms with Crippen LogP contribution in [0, 0.1) is 12.8 Å². The first-order chi connectivity index (χ1) is 17.2. The van der Waals surface area contributed by atoms with Gasteiger partial charge in [0.05, 0.1) is 24.4 Å². The smallest absolute Gasteiger partial charge is 0.138 e. The largest absolute Gasteiger partial charge is 0.375 e. The van der Waals surface area contributed by atoms with Gasteiger partial charge in [0.2, 0.25) is 0 Å². The van der Waals surface area contributed by atoms with Gasteiger partial charge < -0.3 is 23.9 Å². The van der Waals surface area contributed by atoms with Crippen molar-refractivity contribution in [3.8, 4) is 11.4 Å². The van der Waals surface area contributed by atoms with Gasteiger partial charge >= 0.3 is 0 Å². The second-order valence-electron chi connectivity index (χ2n) is 10.5. The van der Waals surface area contributed by atoms with Crippen LogP contribution in [-0.2, 0) is 11.3 Å². The first-order valence-corrected chi connectivity index (χ1v) is 13.0. The van der Waals surface area contributed by atoms with E-state index in [-0.39, 0.29) is 0 Å². The molecule has 1 aromatic carbocycles. The van der Waals surface area contributed by atoms with Gasteiger partial charge in [-0.3, -0.25) is 0 Å². The van der Waals surface area contributed by atoms with Crippen LogP contribution in [0.2, 0.25) is 0 Å². The fraction of sp³-hybridized carbons (Fsp3) is 0.414. The summed E-state index contributed by atoms with van der Waals surface area (Å²) in [5.41, 5.74) is 7.99. The summed E-state index contributed by atoms with van der Waals surface area (Å²) >= 11 is 0. The fourth-order valence-electron chi connectivity index (χ4n) is 5.96. The lowest BCUT2D eigenvalue weighted by Crippen LogP contribution is -2.57. The maximum atomic E-state index is 5.96. The Balaban J connectivity index is 1.23. The molecule has 1 aliphatic carbocycles. The van der Waals surface area contributed by atoms with E-state index in [1.165, 1.54) is 35.1 Å². The molecule has 0 spiro atoms. The molecular formula is C29H33N5O. The first-order valence-electron chi connectivity index (χ1n) is 13.0. The van der Waals surface area contributed by atoms with Crippen LogP contribution in [0.5, 0.6) is 0 Å². The third kappa shape index (κ3) is 3.67. The molecule has 6 nitrogen and oxygen atoms in total. The lowest BCUT2D eigenvalue weighted by atomic mass is 9.99. The Hall–Kier alpha value is -3.09. The third-order valence-electron chi connectivity index (χ3n) is 8.16. The number of imidazole rings is 1. The van der Waals surface area contributed by atoms with Gasteiger partial charge in [0, 0.05) is 60.2 Å². The Labute approximate surface area is 206 Å². The number of fused-ring (bicyclic) bond motifs is 3. The number of piperidine rings is 1. The maximum absolute atomic E-state index is 5.96. The Morgan fingerprint density at radius 3 is 2.94 bits per heavy atom. The number of pyridine rings is 1. The van der Waals surface area contributed by atoms with E-state index in [9.17, 15) is 0 Å². The molecule has 35 heavy (non-hydrogen) atoms. The minimum Gasteiger partial charge on any atom is -0.375 e. The second-order valence-corrected chi connectivity index (χ2v) is 10.5. The van der Waals surface area contributed by atoms with Crippen LogP contribution in [0.15, 0.2) is 55.2 Å². The fourth-order valence-corrected chi connectivity index (χ4v) is 5.96. The molecule has 2 unspecified atom stereocenters. The number of likely N-dealkylation sites (tertiary alicyclic amines) is 1. The molecule has 3 aliphatic rings. The average Bonchev–Trinajstić information content (AvgIpc) is 3.57. The van der Waals surface area contributed by atoms with E-state index in [0.29, 0.717) is 12.1 Å². The van der Waals surface area contributed by atoms with Crippen molar-refractivity contribution in [2.75, 3.05) is 26.2 Å². The molecule has 3 fully saturated rings.